The van der Waals surface area contributed by atoms with Gasteiger partial charge < -0.3 is 20.5 Å². The van der Waals surface area contributed by atoms with Crippen molar-refractivity contribution in [2.75, 3.05) is 32.6 Å². The standard InChI is InChI=1S/C13H22N2O2/c1-10-12(16-2)7-6-11(13(10)17-3)15-9-5-4-8-14/h6-7,15H,4-5,8-9,14H2,1-3H3. The molecule has 0 atom stereocenters. The topological polar surface area (TPSA) is 56.5 Å². The lowest BCUT2D eigenvalue weighted by molar-refractivity contribution is 0.390. The van der Waals surface area contributed by atoms with Crippen LogP contribution in [-0.4, -0.2) is 27.3 Å². The van der Waals surface area contributed by atoms with Gasteiger partial charge in [-0.3, -0.25) is 0 Å². The third kappa shape index (κ3) is 3.53. The van der Waals surface area contributed by atoms with Crippen LogP contribution in [0.5, 0.6) is 11.5 Å². The summed E-state index contributed by atoms with van der Waals surface area (Å²) in [6, 6.07) is 3.93. The first kappa shape index (κ1) is 13.6. The lowest BCUT2D eigenvalue weighted by atomic mass is 10.1. The zero-order valence-electron chi connectivity index (χ0n) is 10.9. The largest absolute Gasteiger partial charge is 0.496 e. The second kappa shape index (κ2) is 7.01. The summed E-state index contributed by atoms with van der Waals surface area (Å²) in [4.78, 5) is 0. The molecule has 17 heavy (non-hydrogen) atoms. The number of nitrogens with one attached hydrogen (secondary N) is 1. The first-order valence-corrected chi connectivity index (χ1v) is 5.90. The van der Waals surface area contributed by atoms with E-state index in [4.69, 9.17) is 15.2 Å². The van der Waals surface area contributed by atoms with Crippen molar-refractivity contribution in [3.63, 3.8) is 0 Å². The summed E-state index contributed by atoms with van der Waals surface area (Å²) < 4.78 is 10.7. The number of methoxy groups -OCH3 is 2. The molecule has 0 bridgehead atoms. The predicted octanol–water partition coefficient (Wildman–Crippen LogP) is 2.16. The summed E-state index contributed by atoms with van der Waals surface area (Å²) in [5.74, 6) is 1.69. The third-order valence-electron chi connectivity index (χ3n) is 2.73. The number of anilines is 1. The van der Waals surface area contributed by atoms with E-state index < -0.39 is 0 Å². The fourth-order valence-corrected chi connectivity index (χ4v) is 1.79. The molecular weight excluding hydrogens is 216 g/mol. The molecule has 4 nitrogen and oxygen atoms in total. The van der Waals surface area contributed by atoms with Crippen molar-refractivity contribution in [3.8, 4) is 11.5 Å². The fraction of sp³-hybridized carbons (Fsp3) is 0.538. The van der Waals surface area contributed by atoms with Gasteiger partial charge in [0, 0.05) is 12.1 Å². The highest BCUT2D eigenvalue weighted by molar-refractivity contribution is 5.63. The Bertz CT molecular complexity index is 354. The predicted molar refractivity (Wildman–Crippen MR) is 71.1 cm³/mol. The van der Waals surface area contributed by atoms with Gasteiger partial charge in [-0.05, 0) is 38.4 Å². The van der Waals surface area contributed by atoms with Gasteiger partial charge in [0.05, 0.1) is 19.9 Å². The maximum absolute atomic E-state index is 5.46. The molecule has 0 aliphatic carbocycles. The van der Waals surface area contributed by atoms with Crippen molar-refractivity contribution in [1.29, 1.82) is 0 Å². The first-order chi connectivity index (χ1) is 8.24. The fourth-order valence-electron chi connectivity index (χ4n) is 1.79. The summed E-state index contributed by atoms with van der Waals surface area (Å²) in [5.41, 5.74) is 7.47. The van der Waals surface area contributed by atoms with Gasteiger partial charge in [-0.25, -0.2) is 0 Å². The van der Waals surface area contributed by atoms with Gasteiger partial charge in [-0.2, -0.15) is 0 Å². The van der Waals surface area contributed by atoms with Crippen LogP contribution in [-0.2, 0) is 0 Å². The van der Waals surface area contributed by atoms with Gasteiger partial charge >= 0.3 is 0 Å². The summed E-state index contributed by atoms with van der Waals surface area (Å²) >= 11 is 0. The molecule has 0 aliphatic rings. The number of rotatable bonds is 7. The number of unbranched alkanes of at least 4 members (excludes halogenated alkanes) is 1. The Morgan fingerprint density at radius 3 is 2.53 bits per heavy atom. The van der Waals surface area contributed by atoms with Crippen LogP contribution in [0.3, 0.4) is 0 Å². The van der Waals surface area contributed by atoms with Gasteiger partial charge in [-0.1, -0.05) is 0 Å². The quantitative estimate of drug-likeness (QED) is 0.715. The van der Waals surface area contributed by atoms with Gasteiger partial charge in [0.2, 0.25) is 0 Å². The van der Waals surface area contributed by atoms with E-state index in [0.717, 1.165) is 48.7 Å². The van der Waals surface area contributed by atoms with E-state index in [1.165, 1.54) is 0 Å². The minimum atomic E-state index is 0.737. The molecule has 0 saturated carbocycles. The van der Waals surface area contributed by atoms with Crippen LogP contribution in [0.25, 0.3) is 0 Å². The zero-order valence-corrected chi connectivity index (χ0v) is 10.9. The second-order valence-electron chi connectivity index (χ2n) is 3.90. The van der Waals surface area contributed by atoms with Crippen LogP contribution in [0.1, 0.15) is 18.4 Å². The van der Waals surface area contributed by atoms with E-state index in [1.807, 2.05) is 19.1 Å². The summed E-state index contributed by atoms with van der Waals surface area (Å²) in [7, 11) is 3.34. The Kier molecular flexibility index (Phi) is 5.63. The van der Waals surface area contributed by atoms with Crippen LogP contribution < -0.4 is 20.5 Å². The molecule has 96 valence electrons. The molecule has 0 fully saturated rings. The van der Waals surface area contributed by atoms with Crippen molar-refractivity contribution in [2.24, 2.45) is 5.73 Å². The molecule has 0 amide bonds. The lowest BCUT2D eigenvalue weighted by Crippen LogP contribution is -2.07. The summed E-state index contributed by atoms with van der Waals surface area (Å²) in [6.07, 6.45) is 2.09. The second-order valence-corrected chi connectivity index (χ2v) is 3.90. The van der Waals surface area contributed by atoms with Crippen molar-refractivity contribution in [3.05, 3.63) is 17.7 Å². The molecule has 0 saturated heterocycles. The molecular formula is C13H22N2O2. The summed E-state index contributed by atoms with van der Waals surface area (Å²) in [6.45, 7) is 3.63. The van der Waals surface area contributed by atoms with E-state index in [0.29, 0.717) is 0 Å². The first-order valence-electron chi connectivity index (χ1n) is 5.90. The molecule has 0 radical (unpaired) electrons. The Labute approximate surface area is 103 Å². The highest BCUT2D eigenvalue weighted by atomic mass is 16.5. The smallest absolute Gasteiger partial charge is 0.148 e. The molecule has 0 aliphatic heterocycles. The summed E-state index contributed by atoms with van der Waals surface area (Å²) in [5, 5.41) is 3.36. The molecule has 0 aromatic heterocycles. The Hall–Kier alpha value is -1.42. The van der Waals surface area contributed by atoms with E-state index in [1.54, 1.807) is 14.2 Å². The molecule has 1 rings (SSSR count). The van der Waals surface area contributed by atoms with Gasteiger partial charge in [0.15, 0.2) is 0 Å². The maximum Gasteiger partial charge on any atom is 0.148 e. The third-order valence-corrected chi connectivity index (χ3v) is 2.73. The monoisotopic (exact) mass is 238 g/mol. The van der Waals surface area contributed by atoms with Crippen molar-refractivity contribution in [1.82, 2.24) is 0 Å². The molecule has 0 spiro atoms. The van der Waals surface area contributed by atoms with Crippen molar-refractivity contribution >= 4 is 5.69 Å². The molecule has 1 aromatic rings. The highest BCUT2D eigenvalue weighted by Gasteiger charge is 2.10. The molecule has 4 heteroatoms. The van der Waals surface area contributed by atoms with Gasteiger partial charge in [0.25, 0.3) is 0 Å². The Balaban J connectivity index is 2.74. The van der Waals surface area contributed by atoms with Crippen LogP contribution in [0, 0.1) is 6.92 Å². The SMILES string of the molecule is COc1ccc(NCCCCN)c(OC)c1C. The number of ether oxygens (including phenoxy) is 2. The van der Waals surface area contributed by atoms with Crippen LogP contribution >= 0.6 is 0 Å². The van der Waals surface area contributed by atoms with E-state index in [9.17, 15) is 0 Å². The maximum atomic E-state index is 5.46. The average molecular weight is 238 g/mol. The number of benzene rings is 1. The van der Waals surface area contributed by atoms with Gasteiger partial charge in [-0.15, -0.1) is 0 Å². The number of nitrogens with two attached hydrogens (primary N) is 1. The van der Waals surface area contributed by atoms with Crippen molar-refractivity contribution in [2.45, 2.75) is 19.8 Å². The van der Waals surface area contributed by atoms with E-state index >= 15 is 0 Å². The van der Waals surface area contributed by atoms with Gasteiger partial charge in [0.1, 0.15) is 11.5 Å². The van der Waals surface area contributed by atoms with Crippen molar-refractivity contribution < 1.29 is 9.47 Å². The Morgan fingerprint density at radius 2 is 1.94 bits per heavy atom. The Morgan fingerprint density at radius 1 is 1.18 bits per heavy atom. The lowest BCUT2D eigenvalue weighted by Gasteiger charge is -2.15. The highest BCUT2D eigenvalue weighted by Crippen LogP contribution is 2.34. The molecule has 0 unspecified atom stereocenters. The average Bonchev–Trinajstić information content (AvgIpc) is 2.35. The zero-order chi connectivity index (χ0) is 12.7. The van der Waals surface area contributed by atoms with E-state index in [-0.39, 0.29) is 0 Å². The van der Waals surface area contributed by atoms with Crippen LogP contribution in [0.15, 0.2) is 12.1 Å². The van der Waals surface area contributed by atoms with Crippen LogP contribution in [0.2, 0.25) is 0 Å². The number of hydrogen-bond acceptors (Lipinski definition) is 4. The molecule has 0 heterocycles. The van der Waals surface area contributed by atoms with Crippen LogP contribution in [0.4, 0.5) is 5.69 Å². The minimum Gasteiger partial charge on any atom is -0.496 e. The molecule has 3 N–H and O–H groups in total. The molecule has 1 aromatic carbocycles. The number of hydrogen-bond donors (Lipinski definition) is 2. The van der Waals surface area contributed by atoms with E-state index in [2.05, 4.69) is 5.32 Å². The normalized spacial score (nSPS) is 10.1. The minimum absolute atomic E-state index is 0.737.